The van der Waals surface area contributed by atoms with Crippen LogP contribution in [0.25, 0.3) is 11.1 Å². The predicted molar refractivity (Wildman–Crippen MR) is 54.5 cm³/mol. The molecule has 4 heteroatoms. The van der Waals surface area contributed by atoms with Crippen LogP contribution in [0, 0.1) is 0 Å². The Morgan fingerprint density at radius 2 is 2.29 bits per heavy atom. The zero-order valence-electron chi connectivity index (χ0n) is 7.47. The number of nitrogens with zero attached hydrogens (tertiary/aromatic N) is 1. The number of epoxide rings is 1. The Bertz CT molecular complexity index is 417. The van der Waals surface area contributed by atoms with Crippen LogP contribution in [0.3, 0.4) is 0 Å². The summed E-state index contributed by atoms with van der Waals surface area (Å²) in [5, 5.41) is 0.738. The molecule has 1 aromatic heterocycles. The molecule has 0 spiro atoms. The van der Waals surface area contributed by atoms with E-state index < -0.39 is 0 Å². The first-order chi connectivity index (χ1) is 6.92. The average molecular weight is 207 g/mol. The first kappa shape index (κ1) is 8.32. The summed E-state index contributed by atoms with van der Waals surface area (Å²) >= 11 is 1.61. The zero-order chi connectivity index (χ0) is 9.38. The molecule has 3 nitrogen and oxygen atoms in total. The number of ether oxygens (including phenoxy) is 1. The molecule has 72 valence electrons. The number of hydrogen-bond donors (Lipinski definition) is 0. The lowest BCUT2D eigenvalue weighted by Gasteiger charge is -1.88. The van der Waals surface area contributed by atoms with Gasteiger partial charge in [0.15, 0.2) is 5.58 Å². The first-order valence-corrected chi connectivity index (χ1v) is 5.50. The molecule has 1 aliphatic heterocycles. The first-order valence-electron chi connectivity index (χ1n) is 4.52. The van der Waals surface area contributed by atoms with Gasteiger partial charge in [0.05, 0.1) is 12.7 Å². The van der Waals surface area contributed by atoms with Crippen molar-refractivity contribution in [3.05, 3.63) is 24.3 Å². The van der Waals surface area contributed by atoms with E-state index >= 15 is 0 Å². The summed E-state index contributed by atoms with van der Waals surface area (Å²) in [5.41, 5.74) is 1.78. The van der Waals surface area contributed by atoms with Crippen LogP contribution >= 0.6 is 11.8 Å². The van der Waals surface area contributed by atoms with Gasteiger partial charge in [0.2, 0.25) is 0 Å². The highest BCUT2D eigenvalue weighted by Gasteiger charge is 2.23. The van der Waals surface area contributed by atoms with E-state index in [-0.39, 0.29) is 0 Å². The van der Waals surface area contributed by atoms with Crippen LogP contribution in [0.5, 0.6) is 0 Å². The minimum Gasteiger partial charge on any atom is -0.431 e. The highest BCUT2D eigenvalue weighted by molar-refractivity contribution is 7.99. The molecule has 1 aliphatic rings. The molecule has 0 unspecified atom stereocenters. The van der Waals surface area contributed by atoms with Crippen molar-refractivity contribution in [2.45, 2.75) is 11.3 Å². The smallest absolute Gasteiger partial charge is 0.256 e. The molecule has 2 aromatic rings. The minimum absolute atomic E-state index is 0.412. The Morgan fingerprint density at radius 1 is 1.43 bits per heavy atom. The lowest BCUT2D eigenvalue weighted by Crippen LogP contribution is -1.87. The van der Waals surface area contributed by atoms with Crippen molar-refractivity contribution >= 4 is 22.9 Å². The number of para-hydroxylation sites is 2. The molecule has 2 heterocycles. The van der Waals surface area contributed by atoms with Gasteiger partial charge in [-0.2, -0.15) is 0 Å². The fourth-order valence-electron chi connectivity index (χ4n) is 1.24. The largest absolute Gasteiger partial charge is 0.431 e. The number of fused-ring (bicyclic) bond motifs is 1. The van der Waals surface area contributed by atoms with Gasteiger partial charge < -0.3 is 9.15 Å². The maximum atomic E-state index is 5.54. The van der Waals surface area contributed by atoms with Crippen LogP contribution in [0.2, 0.25) is 0 Å². The van der Waals surface area contributed by atoms with Crippen LogP contribution in [-0.2, 0) is 4.74 Å². The van der Waals surface area contributed by atoms with Crippen molar-refractivity contribution in [2.75, 3.05) is 12.4 Å². The van der Waals surface area contributed by atoms with Crippen molar-refractivity contribution in [3.8, 4) is 0 Å². The number of benzene rings is 1. The molecule has 1 saturated heterocycles. The molecule has 0 amide bonds. The van der Waals surface area contributed by atoms with Crippen LogP contribution in [-0.4, -0.2) is 23.4 Å². The second-order valence-corrected chi connectivity index (χ2v) is 4.19. The van der Waals surface area contributed by atoms with E-state index in [2.05, 4.69) is 4.98 Å². The molecule has 14 heavy (non-hydrogen) atoms. The van der Waals surface area contributed by atoms with Crippen LogP contribution in [0.4, 0.5) is 0 Å². The topological polar surface area (TPSA) is 38.6 Å². The van der Waals surface area contributed by atoms with Gasteiger partial charge in [-0.15, -0.1) is 0 Å². The number of hydrogen-bond acceptors (Lipinski definition) is 4. The summed E-state index contributed by atoms with van der Waals surface area (Å²) in [6.07, 6.45) is 0.412. The molecule has 1 atom stereocenters. The Morgan fingerprint density at radius 3 is 3.07 bits per heavy atom. The third-order valence-corrected chi connectivity index (χ3v) is 3.03. The molecule has 1 aromatic carbocycles. The van der Waals surface area contributed by atoms with E-state index in [1.165, 1.54) is 0 Å². The standard InChI is InChI=1S/C10H9NO2S/c1-2-4-9-8(3-1)11-10(13-9)14-6-7-5-12-7/h1-4,7H,5-6H2/t7-/m0/s1. The minimum atomic E-state index is 0.412. The van der Waals surface area contributed by atoms with Crippen molar-refractivity contribution in [1.29, 1.82) is 0 Å². The van der Waals surface area contributed by atoms with E-state index in [4.69, 9.17) is 9.15 Å². The Balaban J connectivity index is 1.82. The molecule has 0 radical (unpaired) electrons. The second kappa shape index (κ2) is 3.29. The molecule has 0 aliphatic carbocycles. The molecule has 3 rings (SSSR count). The van der Waals surface area contributed by atoms with Gasteiger partial charge >= 0.3 is 0 Å². The number of rotatable bonds is 3. The van der Waals surface area contributed by atoms with Crippen molar-refractivity contribution in [1.82, 2.24) is 4.98 Å². The van der Waals surface area contributed by atoms with E-state index in [1.807, 2.05) is 24.3 Å². The third-order valence-electron chi connectivity index (χ3n) is 2.07. The van der Waals surface area contributed by atoms with Gasteiger partial charge in [-0.25, -0.2) is 4.98 Å². The van der Waals surface area contributed by atoms with Gasteiger partial charge in [0.1, 0.15) is 5.52 Å². The molecule has 0 saturated carbocycles. The fraction of sp³-hybridized carbons (Fsp3) is 0.300. The highest BCUT2D eigenvalue weighted by Crippen LogP contribution is 2.26. The van der Waals surface area contributed by atoms with Gasteiger partial charge in [0.25, 0.3) is 5.22 Å². The van der Waals surface area contributed by atoms with Crippen LogP contribution < -0.4 is 0 Å². The summed E-state index contributed by atoms with van der Waals surface area (Å²) in [4.78, 5) is 4.35. The quantitative estimate of drug-likeness (QED) is 0.572. The summed E-state index contributed by atoms with van der Waals surface area (Å²) < 4.78 is 10.7. The van der Waals surface area contributed by atoms with Gasteiger partial charge in [-0.3, -0.25) is 0 Å². The molecule has 1 fully saturated rings. The van der Waals surface area contributed by atoms with Crippen molar-refractivity contribution in [2.24, 2.45) is 0 Å². The van der Waals surface area contributed by atoms with Crippen LogP contribution in [0.1, 0.15) is 0 Å². The number of thioether (sulfide) groups is 1. The average Bonchev–Trinajstić information content (AvgIpc) is 2.94. The Hall–Kier alpha value is -1.00. The molecule has 0 N–H and O–H groups in total. The SMILES string of the molecule is c1ccc2oc(SC[C@@H]3CO3)nc2c1. The lowest BCUT2D eigenvalue weighted by molar-refractivity contribution is 0.424. The summed E-state index contributed by atoms with van der Waals surface area (Å²) in [6.45, 7) is 0.882. The van der Waals surface area contributed by atoms with E-state index in [0.717, 1.165) is 28.7 Å². The lowest BCUT2D eigenvalue weighted by atomic mass is 10.3. The summed E-state index contributed by atoms with van der Waals surface area (Å²) in [7, 11) is 0. The summed E-state index contributed by atoms with van der Waals surface area (Å²) in [6, 6.07) is 7.80. The van der Waals surface area contributed by atoms with Crippen LogP contribution in [0.15, 0.2) is 33.9 Å². The van der Waals surface area contributed by atoms with Gasteiger partial charge in [-0.05, 0) is 12.1 Å². The second-order valence-electron chi connectivity index (χ2n) is 3.21. The van der Waals surface area contributed by atoms with E-state index in [0.29, 0.717) is 6.10 Å². The highest BCUT2D eigenvalue weighted by atomic mass is 32.2. The Labute approximate surface area is 85.5 Å². The third kappa shape index (κ3) is 1.63. The zero-order valence-corrected chi connectivity index (χ0v) is 8.29. The maximum absolute atomic E-state index is 5.54. The van der Waals surface area contributed by atoms with Gasteiger partial charge in [-0.1, -0.05) is 23.9 Å². The van der Waals surface area contributed by atoms with E-state index in [9.17, 15) is 0 Å². The fourth-order valence-corrected chi connectivity index (χ4v) is 2.07. The Kier molecular flexibility index (Phi) is 1.96. The monoisotopic (exact) mass is 207 g/mol. The maximum Gasteiger partial charge on any atom is 0.256 e. The van der Waals surface area contributed by atoms with Crippen molar-refractivity contribution in [3.63, 3.8) is 0 Å². The molecule has 0 bridgehead atoms. The number of oxazole rings is 1. The summed E-state index contributed by atoms with van der Waals surface area (Å²) in [5.74, 6) is 0.937. The van der Waals surface area contributed by atoms with Gasteiger partial charge in [0, 0.05) is 5.75 Å². The molecular formula is C10H9NO2S. The van der Waals surface area contributed by atoms with Crippen molar-refractivity contribution < 1.29 is 9.15 Å². The number of aromatic nitrogens is 1. The van der Waals surface area contributed by atoms with E-state index in [1.54, 1.807) is 11.8 Å². The normalized spacial score (nSPS) is 20.1. The predicted octanol–water partition coefficient (Wildman–Crippen LogP) is 2.32. The molecular weight excluding hydrogens is 198 g/mol.